The van der Waals surface area contributed by atoms with E-state index in [0.717, 1.165) is 18.8 Å². The quantitative estimate of drug-likeness (QED) is 0.574. The number of carbonyl (C=O) groups is 1. The first-order chi connectivity index (χ1) is 5.70. The fraction of sp³-hybridized carbons (Fsp3) is 0.700. The van der Waals surface area contributed by atoms with Crippen LogP contribution >= 0.6 is 0 Å². The van der Waals surface area contributed by atoms with Crippen molar-refractivity contribution in [2.45, 2.75) is 39.2 Å². The fourth-order valence-electron chi connectivity index (χ4n) is 1.36. The zero-order valence-corrected chi connectivity index (χ0v) is 7.92. The van der Waals surface area contributed by atoms with Gasteiger partial charge < -0.3 is 4.90 Å². The second kappa shape index (κ2) is 3.74. The van der Waals surface area contributed by atoms with Crippen molar-refractivity contribution in [3.8, 4) is 0 Å². The van der Waals surface area contributed by atoms with E-state index in [-0.39, 0.29) is 11.9 Å². The average molecular weight is 167 g/mol. The van der Waals surface area contributed by atoms with Gasteiger partial charge in [-0.25, -0.2) is 0 Å². The van der Waals surface area contributed by atoms with Crippen LogP contribution in [-0.4, -0.2) is 16.8 Å². The molecule has 1 saturated heterocycles. The van der Waals surface area contributed by atoms with Crippen LogP contribution in [0.15, 0.2) is 12.8 Å². The first-order valence-corrected chi connectivity index (χ1v) is 4.65. The fourth-order valence-corrected chi connectivity index (χ4v) is 1.36. The highest BCUT2D eigenvalue weighted by Crippen LogP contribution is 2.26. The van der Waals surface area contributed by atoms with Gasteiger partial charge in [-0.2, -0.15) is 0 Å². The molecule has 1 aliphatic rings. The normalized spacial score (nSPS) is 24.0. The summed E-state index contributed by atoms with van der Waals surface area (Å²) in [6.07, 6.45) is 4.98. The molecule has 0 aromatic rings. The van der Waals surface area contributed by atoms with Gasteiger partial charge in [0, 0.05) is 6.20 Å². The van der Waals surface area contributed by atoms with E-state index in [2.05, 4.69) is 20.4 Å². The Hall–Kier alpha value is -0.790. The lowest BCUT2D eigenvalue weighted by Gasteiger charge is -2.05. The van der Waals surface area contributed by atoms with E-state index in [1.54, 1.807) is 11.1 Å². The van der Waals surface area contributed by atoms with Crippen LogP contribution in [0.2, 0.25) is 0 Å². The number of hydrogen-bond donors (Lipinski definition) is 0. The Morgan fingerprint density at radius 3 is 2.83 bits per heavy atom. The molecule has 0 radical (unpaired) electrons. The number of amides is 1. The van der Waals surface area contributed by atoms with E-state index < -0.39 is 0 Å². The highest BCUT2D eigenvalue weighted by molar-refractivity contribution is 5.97. The Labute approximate surface area is 74.2 Å². The molecule has 0 spiro atoms. The summed E-state index contributed by atoms with van der Waals surface area (Å²) in [5.41, 5.74) is 0. The molecule has 1 heterocycles. The van der Waals surface area contributed by atoms with Crippen LogP contribution in [0.3, 0.4) is 0 Å². The second-order valence-corrected chi connectivity index (χ2v) is 3.53. The van der Waals surface area contributed by atoms with Gasteiger partial charge in [-0.15, -0.1) is 0 Å². The largest absolute Gasteiger partial charge is 0.305 e. The highest BCUT2D eigenvalue weighted by Gasteiger charge is 2.42. The maximum absolute atomic E-state index is 11.0. The summed E-state index contributed by atoms with van der Waals surface area (Å²) in [5, 5.41) is 0. The molecule has 2 unspecified atom stereocenters. The number of hydrogen-bond acceptors (Lipinski definition) is 1. The lowest BCUT2D eigenvalue weighted by atomic mass is 10.0. The Bertz CT molecular complexity index is 188. The summed E-state index contributed by atoms with van der Waals surface area (Å²) in [5.74, 6) is 0.985. The van der Waals surface area contributed by atoms with Crippen LogP contribution in [0.1, 0.15) is 33.1 Å². The molecule has 0 aliphatic carbocycles. The van der Waals surface area contributed by atoms with Crippen molar-refractivity contribution in [3.63, 3.8) is 0 Å². The number of rotatable bonds is 5. The molecule has 2 nitrogen and oxygen atoms in total. The van der Waals surface area contributed by atoms with Gasteiger partial charge in [-0.3, -0.25) is 4.79 Å². The lowest BCUT2D eigenvalue weighted by molar-refractivity contribution is -0.113. The smallest absolute Gasteiger partial charge is 0.250 e. The molecule has 0 N–H and O–H groups in total. The van der Waals surface area contributed by atoms with Crippen LogP contribution in [0.25, 0.3) is 0 Å². The number of carbonyl (C=O) groups excluding carboxylic acids is 1. The monoisotopic (exact) mass is 167 g/mol. The third-order valence-corrected chi connectivity index (χ3v) is 2.63. The zero-order chi connectivity index (χ0) is 9.14. The average Bonchev–Trinajstić information content (AvgIpc) is 2.71. The third kappa shape index (κ3) is 1.87. The van der Waals surface area contributed by atoms with Crippen molar-refractivity contribution < 1.29 is 4.79 Å². The molecule has 0 aromatic heterocycles. The topological polar surface area (TPSA) is 20.1 Å². The Morgan fingerprint density at radius 1 is 1.75 bits per heavy atom. The van der Waals surface area contributed by atoms with Crippen LogP contribution in [0.5, 0.6) is 0 Å². The van der Waals surface area contributed by atoms with Gasteiger partial charge in [0.25, 0.3) is 0 Å². The van der Waals surface area contributed by atoms with Crippen LogP contribution in [-0.2, 0) is 4.79 Å². The Morgan fingerprint density at radius 2 is 2.42 bits per heavy atom. The number of nitrogens with zero attached hydrogens (tertiary/aromatic N) is 1. The molecular weight excluding hydrogens is 150 g/mol. The SMILES string of the molecule is C=CN1C(=O)C1CCC(C)CC. The van der Waals surface area contributed by atoms with Crippen molar-refractivity contribution in [3.05, 3.63) is 12.8 Å². The molecule has 68 valence electrons. The molecule has 0 saturated carbocycles. The van der Waals surface area contributed by atoms with Crippen molar-refractivity contribution in [1.82, 2.24) is 4.90 Å². The molecule has 1 amide bonds. The van der Waals surface area contributed by atoms with Gasteiger partial charge in [-0.05, 0) is 18.8 Å². The van der Waals surface area contributed by atoms with Crippen LogP contribution in [0.4, 0.5) is 0 Å². The van der Waals surface area contributed by atoms with Gasteiger partial charge >= 0.3 is 0 Å². The summed E-state index contributed by atoms with van der Waals surface area (Å²) in [4.78, 5) is 12.7. The van der Waals surface area contributed by atoms with E-state index >= 15 is 0 Å². The van der Waals surface area contributed by atoms with E-state index in [9.17, 15) is 4.79 Å². The lowest BCUT2D eigenvalue weighted by Crippen LogP contribution is -1.98. The van der Waals surface area contributed by atoms with Crippen molar-refractivity contribution >= 4 is 5.91 Å². The minimum absolute atomic E-state index is 0.163. The maximum atomic E-state index is 11.0. The molecule has 0 bridgehead atoms. The van der Waals surface area contributed by atoms with Gasteiger partial charge in [0.2, 0.25) is 5.91 Å². The first-order valence-electron chi connectivity index (χ1n) is 4.65. The van der Waals surface area contributed by atoms with Gasteiger partial charge in [0.05, 0.1) is 0 Å². The van der Waals surface area contributed by atoms with Crippen LogP contribution in [0, 0.1) is 5.92 Å². The molecular formula is C10H17NO. The van der Waals surface area contributed by atoms with Gasteiger partial charge in [0.15, 0.2) is 0 Å². The van der Waals surface area contributed by atoms with Crippen molar-refractivity contribution in [1.29, 1.82) is 0 Å². The van der Waals surface area contributed by atoms with Gasteiger partial charge in [0.1, 0.15) is 6.04 Å². The zero-order valence-electron chi connectivity index (χ0n) is 7.92. The maximum Gasteiger partial charge on any atom is 0.250 e. The van der Waals surface area contributed by atoms with Crippen LogP contribution < -0.4 is 0 Å². The molecule has 1 aliphatic heterocycles. The molecule has 2 atom stereocenters. The van der Waals surface area contributed by atoms with E-state index in [1.807, 2.05) is 0 Å². The molecule has 1 fully saturated rings. The minimum Gasteiger partial charge on any atom is -0.305 e. The third-order valence-electron chi connectivity index (χ3n) is 2.63. The van der Waals surface area contributed by atoms with Crippen molar-refractivity contribution in [2.24, 2.45) is 5.92 Å². The predicted molar refractivity (Wildman–Crippen MR) is 49.5 cm³/mol. The first kappa shape index (κ1) is 9.30. The standard InChI is InChI=1S/C10H17NO/c1-4-8(3)6-7-9-10(12)11(9)5-2/h5,8-9H,2,4,6-7H2,1,3H3. The molecule has 2 heteroatoms. The molecule has 1 rings (SSSR count). The summed E-state index contributed by atoms with van der Waals surface area (Å²) in [6.45, 7) is 7.99. The minimum atomic E-state index is 0.163. The Balaban J connectivity index is 2.18. The van der Waals surface area contributed by atoms with Crippen molar-refractivity contribution in [2.75, 3.05) is 0 Å². The van der Waals surface area contributed by atoms with E-state index in [0.29, 0.717) is 0 Å². The second-order valence-electron chi connectivity index (χ2n) is 3.53. The van der Waals surface area contributed by atoms with E-state index in [4.69, 9.17) is 0 Å². The Kier molecular flexibility index (Phi) is 2.90. The summed E-state index contributed by atoms with van der Waals surface area (Å²) in [6, 6.07) is 0.163. The highest BCUT2D eigenvalue weighted by atomic mass is 16.2. The predicted octanol–water partition coefficient (Wildman–Crippen LogP) is 2.17. The summed E-state index contributed by atoms with van der Waals surface area (Å²) < 4.78 is 0. The van der Waals surface area contributed by atoms with E-state index in [1.165, 1.54) is 6.42 Å². The summed E-state index contributed by atoms with van der Waals surface area (Å²) >= 11 is 0. The molecule has 12 heavy (non-hydrogen) atoms. The molecule has 0 aromatic carbocycles. The summed E-state index contributed by atoms with van der Waals surface area (Å²) in [7, 11) is 0. The van der Waals surface area contributed by atoms with Gasteiger partial charge in [-0.1, -0.05) is 26.8 Å².